The highest BCUT2D eigenvalue weighted by atomic mass is 16.1. The summed E-state index contributed by atoms with van der Waals surface area (Å²) in [5, 5.41) is 0. The third-order valence-electron chi connectivity index (χ3n) is 4.54. The van der Waals surface area contributed by atoms with Crippen molar-refractivity contribution in [1.29, 1.82) is 0 Å². The van der Waals surface area contributed by atoms with E-state index in [2.05, 4.69) is 11.9 Å². The molecule has 2 aliphatic rings. The van der Waals surface area contributed by atoms with E-state index in [4.69, 9.17) is 4.98 Å². The first kappa shape index (κ1) is 11.9. The van der Waals surface area contributed by atoms with Crippen LogP contribution in [0.15, 0.2) is 4.79 Å². The van der Waals surface area contributed by atoms with Crippen molar-refractivity contribution < 1.29 is 0 Å². The maximum absolute atomic E-state index is 12.2. The molecule has 1 N–H and O–H groups in total. The molecule has 1 heterocycles. The van der Waals surface area contributed by atoms with Gasteiger partial charge in [0.05, 0.1) is 5.69 Å². The van der Waals surface area contributed by atoms with Crippen molar-refractivity contribution >= 4 is 0 Å². The van der Waals surface area contributed by atoms with Crippen LogP contribution in [0.3, 0.4) is 0 Å². The molecule has 2 aliphatic carbocycles. The van der Waals surface area contributed by atoms with Crippen LogP contribution in [0.4, 0.5) is 0 Å². The van der Waals surface area contributed by atoms with Gasteiger partial charge in [0.1, 0.15) is 5.82 Å². The maximum Gasteiger partial charge on any atom is 0.254 e. The summed E-state index contributed by atoms with van der Waals surface area (Å²) in [5.41, 5.74) is 2.18. The van der Waals surface area contributed by atoms with Crippen molar-refractivity contribution in [3.63, 3.8) is 0 Å². The van der Waals surface area contributed by atoms with Crippen LogP contribution in [0.2, 0.25) is 0 Å². The Bertz CT molecular complexity index is 492. The Morgan fingerprint density at radius 1 is 1.17 bits per heavy atom. The number of aromatic amines is 1. The molecule has 2 atom stereocenters. The largest absolute Gasteiger partial charge is 0.310 e. The van der Waals surface area contributed by atoms with Crippen molar-refractivity contribution in [2.45, 2.75) is 64.2 Å². The van der Waals surface area contributed by atoms with Crippen LogP contribution in [0.5, 0.6) is 0 Å². The van der Waals surface area contributed by atoms with Gasteiger partial charge in [-0.25, -0.2) is 4.98 Å². The minimum absolute atomic E-state index is 0.136. The van der Waals surface area contributed by atoms with E-state index in [1.165, 1.54) is 32.1 Å². The Labute approximate surface area is 108 Å². The molecule has 0 aliphatic heterocycles. The summed E-state index contributed by atoms with van der Waals surface area (Å²) in [6, 6.07) is 0. The molecule has 0 saturated heterocycles. The van der Waals surface area contributed by atoms with Gasteiger partial charge in [0, 0.05) is 11.5 Å². The molecule has 0 spiro atoms. The molecule has 1 saturated carbocycles. The van der Waals surface area contributed by atoms with Gasteiger partial charge >= 0.3 is 0 Å². The fraction of sp³-hybridized carbons (Fsp3) is 0.733. The fourth-order valence-corrected chi connectivity index (χ4v) is 3.45. The molecule has 0 radical (unpaired) electrons. The molecule has 1 fully saturated rings. The minimum atomic E-state index is 0.136. The molecular weight excluding hydrogens is 224 g/mol. The summed E-state index contributed by atoms with van der Waals surface area (Å²) in [6.45, 7) is 2.29. The van der Waals surface area contributed by atoms with Crippen LogP contribution in [0.1, 0.15) is 68.4 Å². The topological polar surface area (TPSA) is 45.8 Å². The van der Waals surface area contributed by atoms with Gasteiger partial charge in [0.25, 0.3) is 5.56 Å². The average Bonchev–Trinajstić information content (AvgIpc) is 2.63. The molecule has 1 aromatic heterocycles. The SMILES string of the molecule is CC1CCC(c2nc3c(c(=O)[nH]2)CCCCC3)C1. The van der Waals surface area contributed by atoms with Gasteiger partial charge in [0.2, 0.25) is 0 Å². The second-order valence-corrected chi connectivity index (χ2v) is 6.05. The zero-order valence-electron chi connectivity index (χ0n) is 11.2. The van der Waals surface area contributed by atoms with Crippen LogP contribution >= 0.6 is 0 Å². The summed E-state index contributed by atoms with van der Waals surface area (Å²) in [5.74, 6) is 2.23. The molecule has 0 aromatic carbocycles. The Hall–Kier alpha value is -1.12. The predicted octanol–water partition coefficient (Wildman–Crippen LogP) is 2.94. The standard InChI is InChI=1S/C15H22N2O/c1-10-7-8-11(9-10)14-16-13-6-4-2-3-5-12(13)15(18)17-14/h10-11H,2-9H2,1H3,(H,16,17,18). The molecule has 1 aromatic rings. The first-order valence-corrected chi connectivity index (χ1v) is 7.36. The number of H-pyrrole nitrogens is 1. The van der Waals surface area contributed by atoms with Crippen LogP contribution in [0, 0.1) is 5.92 Å². The summed E-state index contributed by atoms with van der Waals surface area (Å²) in [6.07, 6.45) is 9.09. The summed E-state index contributed by atoms with van der Waals surface area (Å²) in [4.78, 5) is 20.0. The first-order valence-electron chi connectivity index (χ1n) is 7.36. The molecule has 3 heteroatoms. The van der Waals surface area contributed by atoms with Gasteiger partial charge in [-0.15, -0.1) is 0 Å². The molecular formula is C15H22N2O. The summed E-state index contributed by atoms with van der Waals surface area (Å²) < 4.78 is 0. The molecule has 18 heavy (non-hydrogen) atoms. The van der Waals surface area contributed by atoms with E-state index in [0.717, 1.165) is 42.3 Å². The lowest BCUT2D eigenvalue weighted by molar-refractivity contribution is 0.581. The predicted molar refractivity (Wildman–Crippen MR) is 71.9 cm³/mol. The third kappa shape index (κ3) is 2.23. The molecule has 2 unspecified atom stereocenters. The van der Waals surface area contributed by atoms with Crippen LogP contribution in [0.25, 0.3) is 0 Å². The molecule has 0 bridgehead atoms. The van der Waals surface area contributed by atoms with Gasteiger partial charge in [-0.2, -0.15) is 0 Å². The van der Waals surface area contributed by atoms with Crippen LogP contribution in [-0.2, 0) is 12.8 Å². The molecule has 0 amide bonds. The lowest BCUT2D eigenvalue weighted by atomic mass is 10.0. The lowest BCUT2D eigenvalue weighted by Gasteiger charge is -2.12. The van der Waals surface area contributed by atoms with Crippen molar-refractivity contribution in [3.05, 3.63) is 27.4 Å². The Kier molecular flexibility index (Phi) is 3.23. The van der Waals surface area contributed by atoms with E-state index in [-0.39, 0.29) is 5.56 Å². The summed E-state index contributed by atoms with van der Waals surface area (Å²) >= 11 is 0. The van der Waals surface area contributed by atoms with Gasteiger partial charge in [-0.3, -0.25) is 4.79 Å². The summed E-state index contributed by atoms with van der Waals surface area (Å²) in [7, 11) is 0. The van der Waals surface area contributed by atoms with Gasteiger partial charge < -0.3 is 4.98 Å². The first-order chi connectivity index (χ1) is 8.74. The van der Waals surface area contributed by atoms with E-state index in [1.54, 1.807) is 0 Å². The Morgan fingerprint density at radius 3 is 2.78 bits per heavy atom. The third-order valence-corrected chi connectivity index (χ3v) is 4.54. The second kappa shape index (κ2) is 4.87. The Morgan fingerprint density at radius 2 is 2.00 bits per heavy atom. The van der Waals surface area contributed by atoms with E-state index in [1.807, 2.05) is 0 Å². The highest BCUT2D eigenvalue weighted by Gasteiger charge is 2.26. The van der Waals surface area contributed by atoms with Crippen LogP contribution in [-0.4, -0.2) is 9.97 Å². The van der Waals surface area contributed by atoms with Gasteiger partial charge in [-0.1, -0.05) is 13.3 Å². The monoisotopic (exact) mass is 246 g/mol. The van der Waals surface area contributed by atoms with E-state index in [9.17, 15) is 4.79 Å². The molecule has 3 rings (SSSR count). The smallest absolute Gasteiger partial charge is 0.254 e. The fourth-order valence-electron chi connectivity index (χ4n) is 3.45. The normalized spacial score (nSPS) is 27.8. The number of aryl methyl sites for hydroxylation is 1. The van der Waals surface area contributed by atoms with Crippen LogP contribution < -0.4 is 5.56 Å². The van der Waals surface area contributed by atoms with Crippen molar-refractivity contribution in [3.8, 4) is 0 Å². The second-order valence-electron chi connectivity index (χ2n) is 6.05. The highest BCUT2D eigenvalue weighted by molar-refractivity contribution is 5.21. The minimum Gasteiger partial charge on any atom is -0.310 e. The zero-order valence-corrected chi connectivity index (χ0v) is 11.2. The number of aromatic nitrogens is 2. The zero-order chi connectivity index (χ0) is 12.5. The van der Waals surface area contributed by atoms with E-state index in [0.29, 0.717) is 5.92 Å². The number of hydrogen-bond donors (Lipinski definition) is 1. The number of nitrogens with zero attached hydrogens (tertiary/aromatic N) is 1. The Balaban J connectivity index is 1.95. The average molecular weight is 246 g/mol. The quantitative estimate of drug-likeness (QED) is 0.774. The van der Waals surface area contributed by atoms with Crippen molar-refractivity contribution in [2.24, 2.45) is 5.92 Å². The lowest BCUT2D eigenvalue weighted by Crippen LogP contribution is -2.21. The van der Waals surface area contributed by atoms with Crippen molar-refractivity contribution in [2.75, 3.05) is 0 Å². The highest BCUT2D eigenvalue weighted by Crippen LogP contribution is 2.36. The van der Waals surface area contributed by atoms with E-state index < -0.39 is 0 Å². The maximum atomic E-state index is 12.2. The van der Waals surface area contributed by atoms with Crippen molar-refractivity contribution in [1.82, 2.24) is 9.97 Å². The van der Waals surface area contributed by atoms with Gasteiger partial charge in [0.15, 0.2) is 0 Å². The molecule has 98 valence electrons. The van der Waals surface area contributed by atoms with Gasteiger partial charge in [-0.05, 0) is 50.9 Å². The number of fused-ring (bicyclic) bond motifs is 1. The molecule has 3 nitrogen and oxygen atoms in total. The number of hydrogen-bond acceptors (Lipinski definition) is 2. The number of rotatable bonds is 1. The number of nitrogens with one attached hydrogen (secondary N) is 1. The van der Waals surface area contributed by atoms with E-state index >= 15 is 0 Å².